The molecule has 0 amide bonds. The Kier molecular flexibility index (Phi) is 6.03. The van der Waals surface area contributed by atoms with Crippen molar-refractivity contribution in [1.82, 2.24) is 0 Å². The zero-order valence-corrected chi connectivity index (χ0v) is 16.5. The maximum atomic E-state index is 12.5. The molecule has 2 fully saturated rings. The molecule has 3 rings (SSSR count). The van der Waals surface area contributed by atoms with Crippen molar-refractivity contribution < 1.29 is 19.1 Å². The summed E-state index contributed by atoms with van der Waals surface area (Å²) in [7, 11) is 1.40. The first-order chi connectivity index (χ1) is 13.0. The number of fused-ring (bicyclic) bond motifs is 1. The van der Waals surface area contributed by atoms with Gasteiger partial charge in [0.25, 0.3) is 0 Å². The Morgan fingerprint density at radius 3 is 2.63 bits per heavy atom. The van der Waals surface area contributed by atoms with Crippen LogP contribution in [0.25, 0.3) is 0 Å². The second kappa shape index (κ2) is 8.28. The molecule has 4 heteroatoms. The topological polar surface area (TPSA) is 52.6 Å². The number of ether oxygens (including phenoxy) is 2. The van der Waals surface area contributed by atoms with Crippen molar-refractivity contribution in [3.63, 3.8) is 0 Å². The Morgan fingerprint density at radius 2 is 1.93 bits per heavy atom. The van der Waals surface area contributed by atoms with Crippen molar-refractivity contribution in [3.8, 4) is 0 Å². The Morgan fingerprint density at radius 1 is 1.19 bits per heavy atom. The summed E-state index contributed by atoms with van der Waals surface area (Å²) in [6.45, 7) is 4.53. The maximum Gasteiger partial charge on any atom is 0.338 e. The second-order valence-electron chi connectivity index (χ2n) is 8.24. The number of carbonyl (C=O) groups excluding carboxylic acids is 2. The molecular weight excluding hydrogens is 340 g/mol. The van der Waals surface area contributed by atoms with E-state index >= 15 is 0 Å². The van der Waals surface area contributed by atoms with Crippen LogP contribution < -0.4 is 0 Å². The zero-order valence-electron chi connectivity index (χ0n) is 16.5. The van der Waals surface area contributed by atoms with Crippen LogP contribution in [0, 0.1) is 23.2 Å². The highest BCUT2D eigenvalue weighted by Crippen LogP contribution is 2.58. The Labute approximate surface area is 161 Å². The van der Waals surface area contributed by atoms with Gasteiger partial charge in [0, 0.05) is 12.0 Å². The lowest BCUT2D eigenvalue weighted by atomic mass is 9.62. The van der Waals surface area contributed by atoms with Crippen LogP contribution >= 0.6 is 0 Å². The molecule has 0 spiro atoms. The SMILES string of the molecule is COC(=O)/C=C/[C@@H](C)[C@H]1CC[C@H]2[C@@H](OC(=O)c3ccccc3)CCC[C@]12C. The number of hydrogen-bond acceptors (Lipinski definition) is 4. The third kappa shape index (κ3) is 4.10. The third-order valence-corrected chi connectivity index (χ3v) is 6.78. The van der Waals surface area contributed by atoms with Gasteiger partial charge in [-0.15, -0.1) is 0 Å². The first-order valence-corrected chi connectivity index (χ1v) is 9.98. The molecule has 146 valence electrons. The minimum Gasteiger partial charge on any atom is -0.466 e. The van der Waals surface area contributed by atoms with Gasteiger partial charge in [-0.2, -0.15) is 0 Å². The maximum absolute atomic E-state index is 12.5. The number of methoxy groups -OCH3 is 1. The lowest BCUT2D eigenvalue weighted by Gasteiger charge is -2.45. The standard InChI is InChI=1S/C23H30O4/c1-16(11-14-21(24)26-3)18-12-13-19-20(10-7-15-23(18,19)2)27-22(25)17-8-5-4-6-9-17/h4-6,8-9,11,14,16,18-20H,7,10,12-13,15H2,1-3H3/b14-11+/t16-,18-,19+,20+,23-/m1/s1. The lowest BCUT2D eigenvalue weighted by Crippen LogP contribution is -2.43. The van der Waals surface area contributed by atoms with E-state index in [-0.39, 0.29) is 23.5 Å². The summed E-state index contributed by atoms with van der Waals surface area (Å²) in [5.41, 5.74) is 0.758. The van der Waals surface area contributed by atoms with Gasteiger partial charge < -0.3 is 9.47 Å². The van der Waals surface area contributed by atoms with Crippen molar-refractivity contribution in [2.24, 2.45) is 23.2 Å². The Balaban J connectivity index is 1.71. The molecule has 0 heterocycles. The second-order valence-corrected chi connectivity index (χ2v) is 8.24. The molecule has 0 N–H and O–H groups in total. The van der Waals surface area contributed by atoms with E-state index in [9.17, 15) is 9.59 Å². The predicted octanol–water partition coefficient (Wildman–Crippen LogP) is 4.79. The number of rotatable bonds is 5. The van der Waals surface area contributed by atoms with E-state index in [0.717, 1.165) is 32.1 Å². The van der Waals surface area contributed by atoms with E-state index in [1.165, 1.54) is 13.2 Å². The summed E-state index contributed by atoms with van der Waals surface area (Å²) in [6.07, 6.45) is 8.84. The number of hydrogen-bond donors (Lipinski definition) is 0. The average Bonchev–Trinajstić information content (AvgIpc) is 3.04. The molecule has 0 saturated heterocycles. The van der Waals surface area contributed by atoms with Crippen LogP contribution in [0.3, 0.4) is 0 Å². The van der Waals surface area contributed by atoms with Crippen molar-refractivity contribution in [2.75, 3.05) is 7.11 Å². The molecule has 2 aliphatic carbocycles. The van der Waals surface area contributed by atoms with E-state index in [1.54, 1.807) is 0 Å². The van der Waals surface area contributed by atoms with E-state index in [4.69, 9.17) is 9.47 Å². The molecule has 4 nitrogen and oxygen atoms in total. The molecule has 2 saturated carbocycles. The van der Waals surface area contributed by atoms with Crippen LogP contribution in [0.4, 0.5) is 0 Å². The molecular formula is C23H30O4. The monoisotopic (exact) mass is 370 g/mol. The number of allylic oxidation sites excluding steroid dienone is 1. The van der Waals surface area contributed by atoms with Crippen molar-refractivity contribution in [2.45, 2.75) is 52.1 Å². The van der Waals surface area contributed by atoms with Gasteiger partial charge in [0.15, 0.2) is 0 Å². The van der Waals surface area contributed by atoms with Crippen LogP contribution in [0.2, 0.25) is 0 Å². The van der Waals surface area contributed by atoms with Gasteiger partial charge in [-0.3, -0.25) is 0 Å². The van der Waals surface area contributed by atoms with Gasteiger partial charge in [-0.05, 0) is 61.5 Å². The van der Waals surface area contributed by atoms with Gasteiger partial charge in [0.1, 0.15) is 6.10 Å². The van der Waals surface area contributed by atoms with Gasteiger partial charge in [-0.25, -0.2) is 9.59 Å². The largest absolute Gasteiger partial charge is 0.466 e. The fraction of sp³-hybridized carbons (Fsp3) is 0.565. The van der Waals surface area contributed by atoms with Crippen LogP contribution in [0.15, 0.2) is 42.5 Å². The molecule has 0 radical (unpaired) electrons. The van der Waals surface area contributed by atoms with Crippen LogP contribution in [0.1, 0.15) is 56.3 Å². The molecule has 0 bridgehead atoms. The highest BCUT2D eigenvalue weighted by molar-refractivity contribution is 5.89. The van der Waals surface area contributed by atoms with Gasteiger partial charge in [0.05, 0.1) is 12.7 Å². The van der Waals surface area contributed by atoms with Gasteiger partial charge in [-0.1, -0.05) is 38.1 Å². The molecule has 27 heavy (non-hydrogen) atoms. The quantitative estimate of drug-likeness (QED) is 0.552. The number of esters is 2. The lowest BCUT2D eigenvalue weighted by molar-refractivity contribution is -0.134. The fourth-order valence-electron chi connectivity index (χ4n) is 5.38. The highest BCUT2D eigenvalue weighted by atomic mass is 16.5. The summed E-state index contributed by atoms with van der Waals surface area (Å²) >= 11 is 0. The summed E-state index contributed by atoms with van der Waals surface area (Å²) in [5.74, 6) is 0.647. The van der Waals surface area contributed by atoms with Crippen LogP contribution in [0.5, 0.6) is 0 Å². The number of carbonyl (C=O) groups is 2. The normalized spacial score (nSPS) is 31.3. The van der Waals surface area contributed by atoms with Crippen LogP contribution in [-0.2, 0) is 14.3 Å². The summed E-state index contributed by atoms with van der Waals surface area (Å²) in [5, 5.41) is 0. The Bertz CT molecular complexity index is 696. The first kappa shape index (κ1) is 19.7. The fourth-order valence-corrected chi connectivity index (χ4v) is 5.38. The number of benzene rings is 1. The summed E-state index contributed by atoms with van der Waals surface area (Å²) in [4.78, 5) is 24.0. The first-order valence-electron chi connectivity index (χ1n) is 9.98. The Hall–Kier alpha value is -2.10. The predicted molar refractivity (Wildman–Crippen MR) is 104 cm³/mol. The minimum atomic E-state index is -0.306. The average molecular weight is 370 g/mol. The van der Waals surface area contributed by atoms with Crippen molar-refractivity contribution >= 4 is 11.9 Å². The molecule has 2 aliphatic rings. The molecule has 0 aliphatic heterocycles. The van der Waals surface area contributed by atoms with E-state index in [1.807, 2.05) is 36.4 Å². The van der Waals surface area contributed by atoms with Crippen molar-refractivity contribution in [3.05, 3.63) is 48.0 Å². The van der Waals surface area contributed by atoms with Crippen LogP contribution in [-0.4, -0.2) is 25.2 Å². The molecule has 1 aromatic rings. The minimum absolute atomic E-state index is 0.0155. The van der Waals surface area contributed by atoms with Gasteiger partial charge >= 0.3 is 11.9 Å². The van der Waals surface area contributed by atoms with Crippen molar-refractivity contribution in [1.29, 1.82) is 0 Å². The molecule has 0 unspecified atom stereocenters. The zero-order chi connectivity index (χ0) is 19.4. The highest BCUT2D eigenvalue weighted by Gasteiger charge is 2.53. The summed E-state index contributed by atoms with van der Waals surface area (Å²) < 4.78 is 10.7. The molecule has 1 aromatic carbocycles. The molecule has 0 aromatic heterocycles. The summed E-state index contributed by atoms with van der Waals surface area (Å²) in [6, 6.07) is 9.24. The van der Waals surface area contributed by atoms with E-state index in [0.29, 0.717) is 23.3 Å². The van der Waals surface area contributed by atoms with E-state index < -0.39 is 0 Å². The molecule has 5 atom stereocenters. The third-order valence-electron chi connectivity index (χ3n) is 6.78. The van der Waals surface area contributed by atoms with Gasteiger partial charge in [0.2, 0.25) is 0 Å². The smallest absolute Gasteiger partial charge is 0.338 e. The van der Waals surface area contributed by atoms with E-state index in [2.05, 4.69) is 13.8 Å².